The minimum atomic E-state index is -4.03. The van der Waals surface area contributed by atoms with E-state index in [2.05, 4.69) is 4.74 Å². The zero-order valence-corrected chi connectivity index (χ0v) is 7.21. The number of alkyl halides is 2. The molecule has 0 saturated carbocycles. The maximum atomic E-state index is 12.7. The number of halogens is 2. The second kappa shape index (κ2) is 4.15. The van der Waals surface area contributed by atoms with Gasteiger partial charge < -0.3 is 9.84 Å². The lowest BCUT2D eigenvalue weighted by molar-refractivity contribution is -0.192. The SMILES string of the molecule is CCC(OC(C)=O)C(F)(F)C(=O)O. The Kier molecular flexibility index (Phi) is 3.77. The molecule has 0 amide bonds. The smallest absolute Gasteiger partial charge is 0.378 e. The minimum Gasteiger partial charge on any atom is -0.477 e. The van der Waals surface area contributed by atoms with Crippen LogP contribution in [0.15, 0.2) is 0 Å². The van der Waals surface area contributed by atoms with Crippen molar-refractivity contribution in [3.05, 3.63) is 0 Å². The highest BCUT2D eigenvalue weighted by atomic mass is 19.3. The van der Waals surface area contributed by atoms with Gasteiger partial charge in [-0.2, -0.15) is 8.78 Å². The molecule has 0 heterocycles. The molecule has 1 unspecified atom stereocenters. The molecule has 0 aromatic rings. The normalized spacial score (nSPS) is 13.5. The Balaban J connectivity index is 4.55. The number of esters is 1. The Morgan fingerprint density at radius 3 is 2.23 bits per heavy atom. The van der Waals surface area contributed by atoms with Gasteiger partial charge in [0.25, 0.3) is 0 Å². The summed E-state index contributed by atoms with van der Waals surface area (Å²) in [6.07, 6.45) is -2.15. The molecule has 0 aliphatic carbocycles. The van der Waals surface area contributed by atoms with Gasteiger partial charge in [-0.3, -0.25) is 4.79 Å². The first-order chi connectivity index (χ1) is 5.82. The zero-order chi connectivity index (χ0) is 10.6. The van der Waals surface area contributed by atoms with E-state index < -0.39 is 24.0 Å². The molecule has 0 saturated heterocycles. The third-order valence-electron chi connectivity index (χ3n) is 1.37. The van der Waals surface area contributed by atoms with E-state index in [1.165, 1.54) is 6.92 Å². The Morgan fingerprint density at radius 2 is 2.00 bits per heavy atom. The Hall–Kier alpha value is -1.20. The van der Waals surface area contributed by atoms with Gasteiger partial charge in [-0.1, -0.05) is 6.92 Å². The van der Waals surface area contributed by atoms with E-state index in [-0.39, 0.29) is 6.42 Å². The monoisotopic (exact) mass is 196 g/mol. The Bertz CT molecular complexity index is 215. The number of hydrogen-bond acceptors (Lipinski definition) is 3. The molecule has 0 bridgehead atoms. The second-order valence-corrected chi connectivity index (χ2v) is 2.43. The van der Waals surface area contributed by atoms with Crippen molar-refractivity contribution in [2.45, 2.75) is 32.3 Å². The predicted molar refractivity (Wildman–Crippen MR) is 38.4 cm³/mol. The summed E-state index contributed by atoms with van der Waals surface area (Å²) in [4.78, 5) is 20.4. The van der Waals surface area contributed by atoms with Gasteiger partial charge in [0.15, 0.2) is 6.10 Å². The van der Waals surface area contributed by atoms with Crippen LogP contribution in [0.1, 0.15) is 20.3 Å². The highest BCUT2D eigenvalue weighted by Gasteiger charge is 2.48. The van der Waals surface area contributed by atoms with Gasteiger partial charge in [0.05, 0.1) is 0 Å². The van der Waals surface area contributed by atoms with Crippen LogP contribution in [0.3, 0.4) is 0 Å². The Morgan fingerprint density at radius 1 is 1.54 bits per heavy atom. The maximum Gasteiger partial charge on any atom is 0.378 e. The van der Waals surface area contributed by atoms with Crippen LogP contribution >= 0.6 is 0 Å². The first-order valence-electron chi connectivity index (χ1n) is 3.60. The summed E-state index contributed by atoms with van der Waals surface area (Å²) in [6, 6.07) is 0. The summed E-state index contributed by atoms with van der Waals surface area (Å²) >= 11 is 0. The lowest BCUT2D eigenvalue weighted by atomic mass is 10.1. The summed E-state index contributed by atoms with van der Waals surface area (Å²) in [5.41, 5.74) is 0. The van der Waals surface area contributed by atoms with Crippen molar-refractivity contribution < 1.29 is 28.2 Å². The highest BCUT2D eigenvalue weighted by molar-refractivity contribution is 5.77. The molecule has 0 rings (SSSR count). The fourth-order valence-electron chi connectivity index (χ4n) is 0.752. The van der Waals surface area contributed by atoms with E-state index in [4.69, 9.17) is 5.11 Å². The third-order valence-corrected chi connectivity index (χ3v) is 1.37. The molecule has 4 nitrogen and oxygen atoms in total. The van der Waals surface area contributed by atoms with Crippen molar-refractivity contribution in [3.63, 3.8) is 0 Å². The van der Waals surface area contributed by atoms with Crippen molar-refractivity contribution in [1.29, 1.82) is 0 Å². The molecule has 76 valence electrons. The molecule has 1 atom stereocenters. The maximum absolute atomic E-state index is 12.7. The predicted octanol–water partition coefficient (Wildman–Crippen LogP) is 1.05. The van der Waals surface area contributed by atoms with Gasteiger partial charge >= 0.3 is 17.9 Å². The van der Waals surface area contributed by atoms with E-state index in [0.717, 1.165) is 6.92 Å². The zero-order valence-electron chi connectivity index (χ0n) is 7.21. The fraction of sp³-hybridized carbons (Fsp3) is 0.714. The number of carboxylic acid groups (broad SMARTS) is 1. The molecule has 1 N–H and O–H groups in total. The van der Waals surface area contributed by atoms with E-state index >= 15 is 0 Å². The third kappa shape index (κ3) is 2.96. The summed E-state index contributed by atoms with van der Waals surface area (Å²) in [6.45, 7) is 2.26. The molecule has 13 heavy (non-hydrogen) atoms. The lowest BCUT2D eigenvalue weighted by Crippen LogP contribution is -2.43. The van der Waals surface area contributed by atoms with E-state index in [0.29, 0.717) is 0 Å². The molecular weight excluding hydrogens is 186 g/mol. The van der Waals surface area contributed by atoms with Crippen molar-refractivity contribution in [1.82, 2.24) is 0 Å². The quantitative estimate of drug-likeness (QED) is 0.682. The molecule has 6 heteroatoms. The van der Waals surface area contributed by atoms with Gasteiger partial charge in [0.1, 0.15) is 0 Å². The summed E-state index contributed by atoms with van der Waals surface area (Å²) in [5.74, 6) is -7.24. The van der Waals surface area contributed by atoms with Crippen LogP contribution in [-0.4, -0.2) is 29.1 Å². The summed E-state index contributed by atoms with van der Waals surface area (Å²) < 4.78 is 29.5. The second-order valence-electron chi connectivity index (χ2n) is 2.43. The molecule has 0 radical (unpaired) electrons. The van der Waals surface area contributed by atoms with Crippen LogP contribution < -0.4 is 0 Å². The number of hydrogen-bond donors (Lipinski definition) is 1. The van der Waals surface area contributed by atoms with Crippen molar-refractivity contribution in [3.8, 4) is 0 Å². The topological polar surface area (TPSA) is 63.6 Å². The average molecular weight is 196 g/mol. The molecule has 0 aromatic carbocycles. The van der Waals surface area contributed by atoms with Crippen LogP contribution in [0.2, 0.25) is 0 Å². The van der Waals surface area contributed by atoms with Crippen molar-refractivity contribution in [2.75, 3.05) is 0 Å². The lowest BCUT2D eigenvalue weighted by Gasteiger charge is -2.21. The minimum absolute atomic E-state index is 0.251. The molecule has 0 aliphatic rings. The number of aliphatic carboxylic acids is 1. The molecule has 0 aliphatic heterocycles. The fourth-order valence-corrected chi connectivity index (χ4v) is 0.752. The van der Waals surface area contributed by atoms with E-state index in [9.17, 15) is 18.4 Å². The number of carbonyl (C=O) groups is 2. The van der Waals surface area contributed by atoms with Gasteiger partial charge in [0.2, 0.25) is 0 Å². The standard InChI is InChI=1S/C7H10F2O4/c1-3-5(13-4(2)10)7(8,9)6(11)12/h5H,3H2,1-2H3,(H,11,12). The summed E-state index contributed by atoms with van der Waals surface area (Å²) in [7, 11) is 0. The Labute approximate surface area is 73.5 Å². The average Bonchev–Trinajstić information content (AvgIpc) is 1.99. The molecular formula is C7H10F2O4. The molecule has 0 spiro atoms. The van der Waals surface area contributed by atoms with Crippen LogP contribution in [0.5, 0.6) is 0 Å². The highest BCUT2D eigenvalue weighted by Crippen LogP contribution is 2.24. The van der Waals surface area contributed by atoms with Gasteiger partial charge in [0, 0.05) is 6.92 Å². The molecule has 0 aromatic heterocycles. The van der Waals surface area contributed by atoms with Crippen molar-refractivity contribution >= 4 is 11.9 Å². The first kappa shape index (κ1) is 11.8. The number of rotatable bonds is 4. The van der Waals surface area contributed by atoms with E-state index in [1.54, 1.807) is 0 Å². The molecule has 0 fully saturated rings. The van der Waals surface area contributed by atoms with Gasteiger partial charge in [-0.25, -0.2) is 4.79 Å². The van der Waals surface area contributed by atoms with Gasteiger partial charge in [-0.05, 0) is 6.42 Å². The first-order valence-corrected chi connectivity index (χ1v) is 3.60. The van der Waals surface area contributed by atoms with Gasteiger partial charge in [-0.15, -0.1) is 0 Å². The number of carbonyl (C=O) groups excluding carboxylic acids is 1. The largest absolute Gasteiger partial charge is 0.477 e. The summed E-state index contributed by atoms with van der Waals surface area (Å²) in [5, 5.41) is 8.11. The van der Waals surface area contributed by atoms with Crippen LogP contribution in [-0.2, 0) is 14.3 Å². The number of carboxylic acids is 1. The van der Waals surface area contributed by atoms with Crippen LogP contribution in [0, 0.1) is 0 Å². The van der Waals surface area contributed by atoms with Crippen LogP contribution in [0.25, 0.3) is 0 Å². The number of ether oxygens (including phenoxy) is 1. The van der Waals surface area contributed by atoms with Crippen molar-refractivity contribution in [2.24, 2.45) is 0 Å². The van der Waals surface area contributed by atoms with Crippen LogP contribution in [0.4, 0.5) is 8.78 Å². The van der Waals surface area contributed by atoms with E-state index in [1.807, 2.05) is 0 Å².